The molecule has 6 nitrogen and oxygen atoms in total. The molecule has 1 fully saturated rings. The number of hydrogen-bond acceptors (Lipinski definition) is 5. The summed E-state index contributed by atoms with van der Waals surface area (Å²) >= 11 is 6.07. The molecule has 0 aliphatic carbocycles. The number of nitrogens with zero attached hydrogens (tertiary/aromatic N) is 6. The first-order chi connectivity index (χ1) is 16.1. The lowest BCUT2D eigenvalue weighted by Gasteiger charge is -2.36. The molecule has 0 atom stereocenters. The van der Waals surface area contributed by atoms with Gasteiger partial charge in [0.05, 0.1) is 11.4 Å². The molecule has 8 heteroatoms. The van der Waals surface area contributed by atoms with Crippen molar-refractivity contribution in [3.05, 3.63) is 89.0 Å². The second-order valence-corrected chi connectivity index (χ2v) is 8.83. The van der Waals surface area contributed by atoms with Gasteiger partial charge in [-0.05, 0) is 38.1 Å². The van der Waals surface area contributed by atoms with Crippen LogP contribution in [0, 0.1) is 13.8 Å². The summed E-state index contributed by atoms with van der Waals surface area (Å²) in [5, 5.41) is 5.53. The Balaban J connectivity index is 0.00000274. The molecule has 3 heterocycles. The molecule has 0 bridgehead atoms. The first kappa shape index (κ1) is 24.2. The topological polar surface area (TPSA) is 50.1 Å². The minimum atomic E-state index is 0. The van der Waals surface area contributed by atoms with Crippen molar-refractivity contribution in [1.29, 1.82) is 0 Å². The van der Waals surface area contributed by atoms with Crippen LogP contribution in [0.4, 0.5) is 5.82 Å². The summed E-state index contributed by atoms with van der Waals surface area (Å²) in [6.45, 7) is 8.92. The van der Waals surface area contributed by atoms with E-state index in [2.05, 4.69) is 62.6 Å². The maximum atomic E-state index is 6.07. The highest BCUT2D eigenvalue weighted by Crippen LogP contribution is 2.29. The Morgan fingerprint density at radius 3 is 2.24 bits per heavy atom. The molecule has 4 aromatic rings. The van der Waals surface area contributed by atoms with Gasteiger partial charge in [-0.15, -0.1) is 12.4 Å². The van der Waals surface area contributed by atoms with E-state index in [-0.39, 0.29) is 12.4 Å². The fourth-order valence-corrected chi connectivity index (χ4v) is 4.57. The Morgan fingerprint density at radius 1 is 0.853 bits per heavy atom. The Hall–Kier alpha value is -2.93. The van der Waals surface area contributed by atoms with E-state index in [9.17, 15) is 0 Å². The third-order valence-corrected chi connectivity index (χ3v) is 6.54. The van der Waals surface area contributed by atoms with E-state index >= 15 is 0 Å². The fraction of sp³-hybridized carbons (Fsp3) is 0.269. The fourth-order valence-electron chi connectivity index (χ4n) is 4.44. The highest BCUT2D eigenvalue weighted by molar-refractivity contribution is 6.30. The molecule has 0 unspecified atom stereocenters. The molecule has 0 N–H and O–H groups in total. The molecular formula is C26H28Cl2N6. The smallest absolute Gasteiger partial charge is 0.155 e. The van der Waals surface area contributed by atoms with E-state index in [0.29, 0.717) is 0 Å². The lowest BCUT2D eigenvalue weighted by Crippen LogP contribution is -2.46. The molecule has 1 aliphatic heterocycles. The molecule has 176 valence electrons. The van der Waals surface area contributed by atoms with Crippen LogP contribution in [0.15, 0.2) is 67.0 Å². The summed E-state index contributed by atoms with van der Waals surface area (Å²) in [4.78, 5) is 14.1. The highest BCUT2D eigenvalue weighted by atomic mass is 35.5. The number of aromatic nitrogens is 4. The predicted molar refractivity (Wildman–Crippen MR) is 140 cm³/mol. The van der Waals surface area contributed by atoms with Gasteiger partial charge in [0.15, 0.2) is 5.82 Å². The van der Waals surface area contributed by atoms with E-state index in [1.807, 2.05) is 30.3 Å². The molecule has 2 aromatic heterocycles. The van der Waals surface area contributed by atoms with Gasteiger partial charge in [-0.3, -0.25) is 9.88 Å². The zero-order valence-electron chi connectivity index (χ0n) is 19.4. The molecule has 0 radical (unpaired) electrons. The number of aryl methyl sites for hydroxylation is 1. The monoisotopic (exact) mass is 494 g/mol. The van der Waals surface area contributed by atoms with Gasteiger partial charge in [-0.25, -0.2) is 9.67 Å². The van der Waals surface area contributed by atoms with Gasteiger partial charge in [0.1, 0.15) is 5.69 Å². The second kappa shape index (κ2) is 10.6. The van der Waals surface area contributed by atoms with Gasteiger partial charge >= 0.3 is 0 Å². The third kappa shape index (κ3) is 4.94. The molecule has 0 amide bonds. The van der Waals surface area contributed by atoms with Gasteiger partial charge in [-0.2, -0.15) is 5.10 Å². The van der Waals surface area contributed by atoms with E-state index in [1.54, 1.807) is 12.4 Å². The van der Waals surface area contributed by atoms with Crippen LogP contribution in [-0.4, -0.2) is 50.8 Å². The Kier molecular flexibility index (Phi) is 7.51. The molecule has 1 aliphatic rings. The average molecular weight is 495 g/mol. The highest BCUT2D eigenvalue weighted by Gasteiger charge is 2.23. The number of rotatable bonds is 5. The van der Waals surface area contributed by atoms with Crippen LogP contribution in [-0.2, 0) is 6.54 Å². The summed E-state index contributed by atoms with van der Waals surface area (Å²) < 4.78 is 2.05. The van der Waals surface area contributed by atoms with Crippen LogP contribution < -0.4 is 4.90 Å². The summed E-state index contributed by atoms with van der Waals surface area (Å²) in [6.07, 6.45) is 3.52. The van der Waals surface area contributed by atoms with Gasteiger partial charge in [0, 0.05) is 67.0 Å². The van der Waals surface area contributed by atoms with Crippen LogP contribution in [0.2, 0.25) is 5.02 Å². The maximum Gasteiger partial charge on any atom is 0.155 e. The normalized spacial score (nSPS) is 14.1. The number of halogens is 2. The quantitative estimate of drug-likeness (QED) is 0.374. The van der Waals surface area contributed by atoms with Gasteiger partial charge in [0.25, 0.3) is 0 Å². The van der Waals surface area contributed by atoms with Crippen molar-refractivity contribution < 1.29 is 0 Å². The second-order valence-electron chi connectivity index (χ2n) is 8.40. The van der Waals surface area contributed by atoms with Crippen LogP contribution >= 0.6 is 24.0 Å². The lowest BCUT2D eigenvalue weighted by atomic mass is 10.1. The number of benzene rings is 2. The van der Waals surface area contributed by atoms with E-state index in [4.69, 9.17) is 16.7 Å². The lowest BCUT2D eigenvalue weighted by molar-refractivity contribution is 0.248. The SMILES string of the molecule is Cc1nn(-c2ccccc2)c(C)c1CN1CCN(c2nccnc2-c2ccc(Cl)cc2)CC1.Cl. The summed E-state index contributed by atoms with van der Waals surface area (Å²) in [6, 6.07) is 18.1. The van der Waals surface area contributed by atoms with Crippen molar-refractivity contribution in [1.82, 2.24) is 24.6 Å². The Bertz CT molecular complexity index is 1230. The van der Waals surface area contributed by atoms with Crippen LogP contribution in [0.25, 0.3) is 16.9 Å². The molecule has 0 saturated carbocycles. The minimum absolute atomic E-state index is 0. The standard InChI is InChI=1S/C26H27ClN6.ClH/c1-19-24(20(2)33(30-19)23-6-4-3-5-7-23)18-31-14-16-32(17-15-31)26-25(28-12-13-29-26)21-8-10-22(27)11-9-21;/h3-13H,14-18H2,1-2H3;1H. The van der Waals surface area contributed by atoms with Crippen LogP contribution in [0.5, 0.6) is 0 Å². The Morgan fingerprint density at radius 2 is 1.53 bits per heavy atom. The first-order valence-corrected chi connectivity index (χ1v) is 11.6. The third-order valence-electron chi connectivity index (χ3n) is 6.29. The summed E-state index contributed by atoms with van der Waals surface area (Å²) in [5.74, 6) is 0.934. The number of para-hydroxylation sites is 1. The van der Waals surface area contributed by atoms with Crippen molar-refractivity contribution in [2.75, 3.05) is 31.1 Å². The van der Waals surface area contributed by atoms with Gasteiger partial charge in [-0.1, -0.05) is 41.9 Å². The van der Waals surface area contributed by atoms with Crippen molar-refractivity contribution in [2.45, 2.75) is 20.4 Å². The summed E-state index contributed by atoms with van der Waals surface area (Å²) in [5.41, 5.74) is 6.65. The molecule has 5 rings (SSSR count). The number of anilines is 1. The number of hydrogen-bond donors (Lipinski definition) is 0. The maximum absolute atomic E-state index is 6.07. The van der Waals surface area contributed by atoms with E-state index < -0.39 is 0 Å². The molecular weight excluding hydrogens is 467 g/mol. The van der Waals surface area contributed by atoms with Gasteiger partial charge in [0.2, 0.25) is 0 Å². The minimum Gasteiger partial charge on any atom is -0.352 e. The van der Waals surface area contributed by atoms with Crippen molar-refractivity contribution in [3.8, 4) is 16.9 Å². The summed E-state index contributed by atoms with van der Waals surface area (Å²) in [7, 11) is 0. The van der Waals surface area contributed by atoms with Crippen molar-refractivity contribution >= 4 is 29.8 Å². The van der Waals surface area contributed by atoms with Gasteiger partial charge < -0.3 is 4.90 Å². The van der Waals surface area contributed by atoms with E-state index in [1.165, 1.54) is 11.3 Å². The Labute approximate surface area is 211 Å². The molecule has 0 spiro atoms. The largest absolute Gasteiger partial charge is 0.352 e. The zero-order chi connectivity index (χ0) is 22.8. The first-order valence-electron chi connectivity index (χ1n) is 11.2. The zero-order valence-corrected chi connectivity index (χ0v) is 20.9. The van der Waals surface area contributed by atoms with Crippen LogP contribution in [0.3, 0.4) is 0 Å². The number of piperazine rings is 1. The van der Waals surface area contributed by atoms with E-state index in [0.717, 1.165) is 66.2 Å². The molecule has 34 heavy (non-hydrogen) atoms. The average Bonchev–Trinajstić information content (AvgIpc) is 3.14. The van der Waals surface area contributed by atoms with Crippen LogP contribution in [0.1, 0.15) is 17.0 Å². The predicted octanol–water partition coefficient (Wildman–Crippen LogP) is 5.34. The molecule has 1 saturated heterocycles. The van der Waals surface area contributed by atoms with Crippen molar-refractivity contribution in [2.24, 2.45) is 0 Å². The van der Waals surface area contributed by atoms with Crippen molar-refractivity contribution in [3.63, 3.8) is 0 Å². The molecule has 2 aromatic carbocycles.